The van der Waals surface area contributed by atoms with Gasteiger partial charge in [0.25, 0.3) is 0 Å². The molecule has 2 heterocycles. The van der Waals surface area contributed by atoms with Crippen LogP contribution in [-0.2, 0) is 13.0 Å². The van der Waals surface area contributed by atoms with Gasteiger partial charge < -0.3 is 22.7 Å². The van der Waals surface area contributed by atoms with Gasteiger partial charge in [0, 0.05) is 35.5 Å². The van der Waals surface area contributed by atoms with Crippen LogP contribution in [0, 0.1) is 6.92 Å². The second-order valence-corrected chi connectivity index (χ2v) is 5.06. The van der Waals surface area contributed by atoms with E-state index in [-0.39, 0.29) is 12.4 Å². The Labute approximate surface area is 131 Å². The SMILES string of the molecule is Cc1[nH]c2ccccc2c1CCNCc1cccnc1.[Cl-]. The molecular weight excluding hydrogens is 282 g/mol. The van der Waals surface area contributed by atoms with Crippen molar-refractivity contribution in [2.45, 2.75) is 19.9 Å². The van der Waals surface area contributed by atoms with Gasteiger partial charge in [-0.2, -0.15) is 0 Å². The number of aromatic nitrogens is 2. The van der Waals surface area contributed by atoms with Crippen LogP contribution in [0.1, 0.15) is 16.8 Å². The normalized spacial score (nSPS) is 10.5. The first-order chi connectivity index (χ1) is 9.84. The molecule has 4 heteroatoms. The summed E-state index contributed by atoms with van der Waals surface area (Å²) >= 11 is 0. The minimum atomic E-state index is 0. The molecule has 21 heavy (non-hydrogen) atoms. The lowest BCUT2D eigenvalue weighted by Gasteiger charge is -2.05. The van der Waals surface area contributed by atoms with E-state index in [1.807, 2.05) is 12.3 Å². The molecule has 2 N–H and O–H groups in total. The Morgan fingerprint density at radius 2 is 2.00 bits per heavy atom. The van der Waals surface area contributed by atoms with Crippen molar-refractivity contribution in [3.05, 3.63) is 65.6 Å². The third-order valence-electron chi connectivity index (χ3n) is 3.63. The molecule has 0 aliphatic rings. The van der Waals surface area contributed by atoms with E-state index in [0.717, 1.165) is 19.5 Å². The molecule has 0 fully saturated rings. The van der Waals surface area contributed by atoms with Crippen molar-refractivity contribution in [1.29, 1.82) is 0 Å². The average molecular weight is 301 g/mol. The number of aromatic amines is 1. The zero-order valence-corrected chi connectivity index (χ0v) is 12.8. The van der Waals surface area contributed by atoms with Gasteiger partial charge in [-0.05, 0) is 43.1 Å². The third-order valence-corrected chi connectivity index (χ3v) is 3.63. The van der Waals surface area contributed by atoms with Crippen molar-refractivity contribution in [2.75, 3.05) is 6.54 Å². The molecule has 0 aliphatic heterocycles. The van der Waals surface area contributed by atoms with Crippen LogP contribution >= 0.6 is 0 Å². The van der Waals surface area contributed by atoms with Crippen molar-refractivity contribution >= 4 is 10.9 Å². The molecule has 0 saturated heterocycles. The highest BCUT2D eigenvalue weighted by molar-refractivity contribution is 5.84. The first-order valence-electron chi connectivity index (χ1n) is 7.00. The molecule has 0 saturated carbocycles. The van der Waals surface area contributed by atoms with E-state index in [1.165, 1.54) is 27.7 Å². The van der Waals surface area contributed by atoms with Crippen molar-refractivity contribution in [3.8, 4) is 0 Å². The summed E-state index contributed by atoms with van der Waals surface area (Å²) < 4.78 is 0. The van der Waals surface area contributed by atoms with Gasteiger partial charge in [0.2, 0.25) is 0 Å². The van der Waals surface area contributed by atoms with E-state index in [1.54, 1.807) is 6.20 Å². The molecule has 2 aromatic heterocycles. The van der Waals surface area contributed by atoms with Gasteiger partial charge in [-0.1, -0.05) is 24.3 Å². The fourth-order valence-corrected chi connectivity index (χ4v) is 2.61. The third kappa shape index (κ3) is 3.63. The van der Waals surface area contributed by atoms with Crippen molar-refractivity contribution in [2.24, 2.45) is 0 Å². The monoisotopic (exact) mass is 300 g/mol. The Kier molecular flexibility index (Phi) is 5.37. The van der Waals surface area contributed by atoms with Crippen LogP contribution in [0.2, 0.25) is 0 Å². The predicted molar refractivity (Wildman–Crippen MR) is 82.7 cm³/mol. The highest BCUT2D eigenvalue weighted by atomic mass is 35.5. The van der Waals surface area contributed by atoms with Crippen LogP contribution < -0.4 is 17.7 Å². The summed E-state index contributed by atoms with van der Waals surface area (Å²) in [5.74, 6) is 0. The molecule has 110 valence electrons. The molecular formula is C17H19ClN3-. The first-order valence-corrected chi connectivity index (χ1v) is 7.00. The highest BCUT2D eigenvalue weighted by Gasteiger charge is 2.06. The van der Waals surface area contributed by atoms with E-state index in [0.29, 0.717) is 0 Å². The van der Waals surface area contributed by atoms with Gasteiger partial charge in [0.15, 0.2) is 0 Å². The van der Waals surface area contributed by atoms with E-state index in [2.05, 4.69) is 52.5 Å². The topological polar surface area (TPSA) is 40.7 Å². The molecule has 3 rings (SSSR count). The van der Waals surface area contributed by atoms with Gasteiger partial charge in [-0.25, -0.2) is 0 Å². The molecule has 0 spiro atoms. The summed E-state index contributed by atoms with van der Waals surface area (Å²) in [5, 5.41) is 4.82. The van der Waals surface area contributed by atoms with Crippen LogP contribution in [0.15, 0.2) is 48.8 Å². The summed E-state index contributed by atoms with van der Waals surface area (Å²) in [5.41, 5.74) is 5.14. The maximum Gasteiger partial charge on any atom is 0.0458 e. The number of fused-ring (bicyclic) bond motifs is 1. The second kappa shape index (κ2) is 7.25. The molecule has 0 unspecified atom stereocenters. The minimum absolute atomic E-state index is 0. The summed E-state index contributed by atoms with van der Waals surface area (Å²) in [6.07, 6.45) is 4.75. The van der Waals surface area contributed by atoms with E-state index >= 15 is 0 Å². The molecule has 0 radical (unpaired) electrons. The highest BCUT2D eigenvalue weighted by Crippen LogP contribution is 2.21. The molecule has 1 aromatic carbocycles. The Morgan fingerprint density at radius 1 is 1.14 bits per heavy atom. The average Bonchev–Trinajstić information content (AvgIpc) is 2.80. The Hall–Kier alpha value is -1.84. The Balaban J connectivity index is 0.00000161. The number of benzene rings is 1. The van der Waals surface area contributed by atoms with Crippen LogP contribution in [0.25, 0.3) is 10.9 Å². The molecule has 0 atom stereocenters. The zero-order chi connectivity index (χ0) is 13.8. The zero-order valence-electron chi connectivity index (χ0n) is 12.1. The van der Waals surface area contributed by atoms with Crippen molar-refractivity contribution < 1.29 is 12.4 Å². The lowest BCUT2D eigenvalue weighted by atomic mass is 10.1. The number of rotatable bonds is 5. The van der Waals surface area contributed by atoms with E-state index < -0.39 is 0 Å². The summed E-state index contributed by atoms with van der Waals surface area (Å²) in [6, 6.07) is 12.6. The smallest absolute Gasteiger partial charge is 0.0458 e. The standard InChI is InChI=1S/C17H19N3.ClH/c1-13-15(16-6-2-3-7-17(16)20-13)8-10-19-12-14-5-4-9-18-11-14;/h2-7,9,11,19-20H,8,10,12H2,1H3;1H/p-1. The van der Waals surface area contributed by atoms with Crippen molar-refractivity contribution in [3.63, 3.8) is 0 Å². The van der Waals surface area contributed by atoms with Gasteiger partial charge in [-0.3, -0.25) is 4.98 Å². The maximum atomic E-state index is 4.12. The molecule has 0 bridgehead atoms. The number of hydrogen-bond donors (Lipinski definition) is 2. The van der Waals surface area contributed by atoms with E-state index in [4.69, 9.17) is 0 Å². The summed E-state index contributed by atoms with van der Waals surface area (Å²) in [6.45, 7) is 3.99. The van der Waals surface area contributed by atoms with Crippen LogP contribution in [-0.4, -0.2) is 16.5 Å². The predicted octanol–water partition coefficient (Wildman–Crippen LogP) is 0.208. The number of H-pyrrole nitrogens is 1. The van der Waals surface area contributed by atoms with Crippen LogP contribution in [0.5, 0.6) is 0 Å². The lowest BCUT2D eigenvalue weighted by Crippen LogP contribution is -3.00. The molecule has 3 aromatic rings. The first kappa shape index (κ1) is 15.5. The number of para-hydroxylation sites is 1. The van der Waals surface area contributed by atoms with Gasteiger partial charge in [-0.15, -0.1) is 0 Å². The number of pyridine rings is 1. The fraction of sp³-hybridized carbons (Fsp3) is 0.235. The molecule has 3 nitrogen and oxygen atoms in total. The summed E-state index contributed by atoms with van der Waals surface area (Å²) in [7, 11) is 0. The second-order valence-electron chi connectivity index (χ2n) is 5.06. The Morgan fingerprint density at radius 3 is 2.81 bits per heavy atom. The van der Waals surface area contributed by atoms with Gasteiger partial charge in [0.1, 0.15) is 0 Å². The number of halogens is 1. The lowest BCUT2D eigenvalue weighted by molar-refractivity contribution is -0.00000423. The molecule has 0 aliphatic carbocycles. The minimum Gasteiger partial charge on any atom is -1.00 e. The Bertz CT molecular complexity index is 692. The summed E-state index contributed by atoms with van der Waals surface area (Å²) in [4.78, 5) is 7.57. The maximum absolute atomic E-state index is 4.12. The largest absolute Gasteiger partial charge is 1.00 e. The number of aryl methyl sites for hydroxylation is 1. The van der Waals surface area contributed by atoms with Gasteiger partial charge in [0.05, 0.1) is 0 Å². The van der Waals surface area contributed by atoms with Gasteiger partial charge >= 0.3 is 0 Å². The van der Waals surface area contributed by atoms with Crippen LogP contribution in [0.3, 0.4) is 0 Å². The fourth-order valence-electron chi connectivity index (χ4n) is 2.61. The van der Waals surface area contributed by atoms with Crippen molar-refractivity contribution in [1.82, 2.24) is 15.3 Å². The van der Waals surface area contributed by atoms with Crippen LogP contribution in [0.4, 0.5) is 0 Å². The number of nitrogens with one attached hydrogen (secondary N) is 2. The van der Waals surface area contributed by atoms with E-state index in [9.17, 15) is 0 Å². The number of hydrogen-bond acceptors (Lipinski definition) is 2. The number of nitrogens with zero attached hydrogens (tertiary/aromatic N) is 1. The molecule has 0 amide bonds. The quantitative estimate of drug-likeness (QED) is 0.661.